The van der Waals surface area contributed by atoms with Crippen LogP contribution >= 0.6 is 27.0 Å². The van der Waals surface area contributed by atoms with Gasteiger partial charge in [-0.05, 0) is 39.0 Å². The van der Waals surface area contributed by atoms with Gasteiger partial charge in [0.2, 0.25) is 5.82 Å². The fourth-order valence-electron chi connectivity index (χ4n) is 3.64. The van der Waals surface area contributed by atoms with Crippen LogP contribution in [0.15, 0.2) is 17.0 Å². The highest BCUT2D eigenvalue weighted by molar-refractivity contribution is 9.00. The van der Waals surface area contributed by atoms with E-state index in [0.717, 1.165) is 18.4 Å². The summed E-state index contributed by atoms with van der Waals surface area (Å²) in [7, 11) is -1.60. The molecule has 0 bridgehead atoms. The molecular weight excluding hydrogens is 414 g/mol. The van der Waals surface area contributed by atoms with Gasteiger partial charge >= 0.3 is 0 Å². The van der Waals surface area contributed by atoms with Crippen LogP contribution in [-0.4, -0.2) is 10.00 Å². The summed E-state index contributed by atoms with van der Waals surface area (Å²) in [5.74, 6) is -9.04. The number of allylic oxidation sites excluding steroid dienone is 1. The molecule has 1 aliphatic carbocycles. The molecule has 2 unspecified atom stereocenters. The lowest BCUT2D eigenvalue weighted by atomic mass is 9.79. The largest absolute Gasteiger partial charge is 0.202 e. The molecular formula is C16H18F5PS3. The van der Waals surface area contributed by atoms with Crippen molar-refractivity contribution in [1.82, 2.24) is 0 Å². The normalized spacial score (nSPS) is 36.3. The standard InChI is InChI=1S/C16H18F5PS3/c1-7(2)8-4-5-16(3)9(6-8)25(22(23)24-16)15-13(20)11(18)10(17)12(19)14(15)21/h8-9,22,25H,1,4-6H2,2-3H3/t8-,9-,16+/m1/s1. The number of benzene rings is 1. The Morgan fingerprint density at radius 1 is 1.16 bits per heavy atom. The van der Waals surface area contributed by atoms with Crippen molar-refractivity contribution >= 4 is 38.8 Å². The Hall–Kier alpha value is -0.0400. The maximum atomic E-state index is 14.4. The first kappa shape index (κ1) is 19.7. The Morgan fingerprint density at radius 3 is 2.20 bits per heavy atom. The fourth-order valence-corrected chi connectivity index (χ4v) is 21.9. The minimum Gasteiger partial charge on any atom is -0.202 e. The van der Waals surface area contributed by atoms with Crippen LogP contribution in [0.2, 0.25) is 0 Å². The molecule has 25 heavy (non-hydrogen) atoms. The van der Waals surface area contributed by atoms with Crippen molar-refractivity contribution in [3.8, 4) is 0 Å². The van der Waals surface area contributed by atoms with Crippen LogP contribution in [0.3, 0.4) is 0 Å². The molecule has 0 aromatic heterocycles. The predicted molar refractivity (Wildman–Crippen MR) is 101 cm³/mol. The number of halogens is 5. The average molecular weight is 432 g/mol. The first-order valence-electron chi connectivity index (χ1n) is 7.77. The van der Waals surface area contributed by atoms with Crippen molar-refractivity contribution < 1.29 is 22.0 Å². The van der Waals surface area contributed by atoms with Gasteiger partial charge in [0.25, 0.3) is 0 Å². The summed E-state index contributed by atoms with van der Waals surface area (Å²) in [6, 6.07) is 0. The molecule has 140 valence electrons. The molecule has 1 heterocycles. The maximum absolute atomic E-state index is 14.4. The summed E-state index contributed by atoms with van der Waals surface area (Å²) in [5.41, 5.74) is 0.990. The lowest BCUT2D eigenvalue weighted by Gasteiger charge is -2.42. The number of fused-ring (bicyclic) bond motifs is 1. The van der Waals surface area contributed by atoms with Crippen LogP contribution in [0.25, 0.3) is 0 Å². The van der Waals surface area contributed by atoms with Gasteiger partial charge in [0.05, 0.1) is 4.90 Å². The van der Waals surface area contributed by atoms with Gasteiger partial charge < -0.3 is 0 Å². The van der Waals surface area contributed by atoms with Gasteiger partial charge in [-0.25, -0.2) is 22.0 Å². The van der Waals surface area contributed by atoms with Crippen LogP contribution in [0.1, 0.15) is 33.1 Å². The van der Waals surface area contributed by atoms with Gasteiger partial charge in [0.15, 0.2) is 23.3 Å². The maximum Gasteiger partial charge on any atom is 0.200 e. The van der Waals surface area contributed by atoms with Crippen molar-refractivity contribution in [3.05, 3.63) is 41.2 Å². The monoisotopic (exact) mass is 432 g/mol. The van der Waals surface area contributed by atoms with E-state index < -0.39 is 49.6 Å². The van der Waals surface area contributed by atoms with E-state index >= 15 is 0 Å². The highest BCUT2D eigenvalue weighted by atomic mass is 33.2. The van der Waals surface area contributed by atoms with Crippen molar-refractivity contribution in [3.63, 3.8) is 0 Å². The van der Waals surface area contributed by atoms with Crippen LogP contribution in [-0.2, 0) is 11.8 Å². The Kier molecular flexibility index (Phi) is 5.40. The minimum atomic E-state index is -2.11. The molecule has 0 spiro atoms. The number of hydrogen-bond acceptors (Lipinski definition) is 2. The second kappa shape index (κ2) is 6.84. The van der Waals surface area contributed by atoms with Crippen molar-refractivity contribution in [2.24, 2.45) is 5.92 Å². The molecule has 2 aliphatic rings. The van der Waals surface area contributed by atoms with E-state index in [2.05, 4.69) is 6.58 Å². The summed E-state index contributed by atoms with van der Waals surface area (Å²) in [6.45, 7) is 7.90. The van der Waals surface area contributed by atoms with Gasteiger partial charge in [-0.2, -0.15) is 10.5 Å². The second-order valence-electron chi connectivity index (χ2n) is 6.80. The van der Waals surface area contributed by atoms with E-state index in [1.807, 2.05) is 13.8 Å². The number of thiol groups is 1. The van der Waals surface area contributed by atoms with E-state index in [4.69, 9.17) is 11.8 Å². The first-order valence-corrected chi connectivity index (χ1v) is 14.2. The molecule has 5 atom stereocenters. The Morgan fingerprint density at radius 2 is 1.68 bits per heavy atom. The topological polar surface area (TPSA) is 0 Å². The fraction of sp³-hybridized carbons (Fsp3) is 0.500. The third-order valence-electron chi connectivity index (χ3n) is 5.16. The molecule has 9 heteroatoms. The summed E-state index contributed by atoms with van der Waals surface area (Å²) in [4.78, 5) is -0.640. The molecule has 1 aromatic rings. The zero-order chi connectivity index (χ0) is 18.7. The molecule has 1 saturated carbocycles. The summed E-state index contributed by atoms with van der Waals surface area (Å²) >= 11 is 7.08. The summed E-state index contributed by atoms with van der Waals surface area (Å²) in [5, 5.41) is -1.88. The Bertz CT molecular complexity index is 755. The number of hydrogen-bond donors (Lipinski definition) is 1. The molecule has 1 aromatic carbocycles. The minimum absolute atomic E-state index is 0.150. The SMILES string of the molecule is C=C(C)[C@@H]1CC[C@]2(C)S[PH](=S)[SH](c3c(F)c(F)c(F)c(F)c3F)[C@@H]2C1. The number of rotatable bonds is 2. The third kappa shape index (κ3) is 3.11. The van der Waals surface area contributed by atoms with Gasteiger partial charge in [-0.15, -0.1) is 11.4 Å². The van der Waals surface area contributed by atoms with E-state index in [1.165, 1.54) is 0 Å². The van der Waals surface area contributed by atoms with E-state index in [0.29, 0.717) is 6.42 Å². The van der Waals surface area contributed by atoms with Crippen molar-refractivity contribution in [2.75, 3.05) is 0 Å². The molecule has 1 aliphatic heterocycles. The van der Waals surface area contributed by atoms with Gasteiger partial charge in [0.1, 0.15) is 0 Å². The summed E-state index contributed by atoms with van der Waals surface area (Å²) in [6.07, 6.45) is 2.38. The van der Waals surface area contributed by atoms with Crippen LogP contribution in [0.4, 0.5) is 22.0 Å². The molecule has 3 rings (SSSR count). The molecule has 0 radical (unpaired) electrons. The van der Waals surface area contributed by atoms with E-state index in [-0.39, 0.29) is 15.9 Å². The van der Waals surface area contributed by atoms with Gasteiger partial charge in [-0.1, -0.05) is 24.0 Å². The zero-order valence-electron chi connectivity index (χ0n) is 13.6. The molecule has 0 nitrogen and oxygen atoms in total. The molecule has 0 amide bonds. The Labute approximate surface area is 155 Å². The lowest BCUT2D eigenvalue weighted by Crippen LogP contribution is -2.38. The molecule has 1 saturated heterocycles. The highest BCUT2D eigenvalue weighted by Gasteiger charge is 2.52. The zero-order valence-corrected chi connectivity index (χ0v) is 17.2. The second-order valence-corrected chi connectivity index (χ2v) is 18.7. The van der Waals surface area contributed by atoms with Crippen molar-refractivity contribution in [2.45, 2.75) is 48.0 Å². The van der Waals surface area contributed by atoms with Crippen molar-refractivity contribution in [1.29, 1.82) is 0 Å². The first-order chi connectivity index (χ1) is 11.6. The van der Waals surface area contributed by atoms with E-state index in [1.54, 1.807) is 11.4 Å². The van der Waals surface area contributed by atoms with Crippen LogP contribution in [0.5, 0.6) is 0 Å². The quantitative estimate of drug-likeness (QED) is 0.142. The lowest BCUT2D eigenvalue weighted by molar-refractivity contribution is 0.352. The average Bonchev–Trinajstić information content (AvgIpc) is 2.81. The molecule has 0 N–H and O–H groups in total. The van der Waals surface area contributed by atoms with E-state index in [9.17, 15) is 22.0 Å². The highest BCUT2D eigenvalue weighted by Crippen LogP contribution is 2.82. The van der Waals surface area contributed by atoms with Gasteiger partial charge in [0, 0.05) is 15.1 Å². The third-order valence-corrected chi connectivity index (χ3v) is 19.0. The van der Waals surface area contributed by atoms with Crippen LogP contribution < -0.4 is 0 Å². The smallest absolute Gasteiger partial charge is 0.200 e. The Balaban J connectivity index is 2.14. The van der Waals surface area contributed by atoms with Gasteiger partial charge in [-0.3, -0.25) is 0 Å². The predicted octanol–water partition coefficient (Wildman–Crippen LogP) is 6.50. The van der Waals surface area contributed by atoms with Crippen LogP contribution in [0, 0.1) is 35.0 Å². The summed E-state index contributed by atoms with van der Waals surface area (Å²) < 4.78 is 69.4. The molecule has 2 fully saturated rings.